The number of piperidine rings is 2. The number of rotatable bonds is 5. The van der Waals surface area contributed by atoms with Crippen molar-refractivity contribution in [3.63, 3.8) is 0 Å². The highest BCUT2D eigenvalue weighted by atomic mass is 35.5. The first-order valence-electron chi connectivity index (χ1n) is 16.8. The van der Waals surface area contributed by atoms with E-state index in [4.69, 9.17) is 16.6 Å². The fraction of sp³-hybridized carbons (Fsp3) is 0.405. The molecule has 0 saturated carbocycles. The molecule has 2 aromatic heterocycles. The number of aromatic amines is 1. The number of nitrogens with one attached hydrogen (secondary N) is 1. The lowest BCUT2D eigenvalue weighted by molar-refractivity contribution is -0.141. The van der Waals surface area contributed by atoms with Crippen LogP contribution in [0.25, 0.3) is 33.4 Å². The molecule has 0 radical (unpaired) electrons. The normalized spacial score (nSPS) is 18.6. The second-order valence-corrected chi connectivity index (χ2v) is 13.5. The molecule has 3 fully saturated rings. The number of pyridine rings is 1. The lowest BCUT2D eigenvalue weighted by Crippen LogP contribution is -2.55. The van der Waals surface area contributed by atoms with Crippen LogP contribution in [-0.2, 0) is 9.59 Å². The number of halogens is 1. The molecule has 0 atom stereocenters. The second kappa shape index (κ2) is 13.5. The summed E-state index contributed by atoms with van der Waals surface area (Å²) in [6.45, 7) is 7.45. The van der Waals surface area contributed by atoms with Crippen molar-refractivity contribution in [2.75, 3.05) is 52.4 Å². The number of fused-ring (bicyclic) bond motifs is 1. The largest absolute Gasteiger partial charge is 0.361 e. The molecule has 2 aromatic carbocycles. The van der Waals surface area contributed by atoms with Gasteiger partial charge in [0.05, 0.1) is 11.4 Å². The predicted molar refractivity (Wildman–Crippen MR) is 184 cm³/mol. The van der Waals surface area contributed by atoms with E-state index in [1.165, 1.54) is 0 Å². The Bertz CT molecular complexity index is 1780. The highest BCUT2D eigenvalue weighted by molar-refractivity contribution is 6.30. The Hall–Kier alpha value is -4.21. The summed E-state index contributed by atoms with van der Waals surface area (Å²) in [6.07, 6.45) is 5.35. The molecule has 3 aliphatic rings. The molecule has 0 aliphatic carbocycles. The molecule has 0 unspecified atom stereocenters. The minimum Gasteiger partial charge on any atom is -0.361 e. The van der Waals surface area contributed by atoms with Crippen LogP contribution in [-0.4, -0.2) is 106 Å². The number of amides is 3. The zero-order valence-electron chi connectivity index (χ0n) is 26.8. The number of hydrogen-bond donors (Lipinski definition) is 1. The molecule has 10 heteroatoms. The van der Waals surface area contributed by atoms with E-state index in [0.29, 0.717) is 48.5 Å². The topological polar surface area (TPSA) is 92.9 Å². The fourth-order valence-electron chi connectivity index (χ4n) is 7.43. The zero-order valence-corrected chi connectivity index (χ0v) is 27.6. The molecule has 5 heterocycles. The van der Waals surface area contributed by atoms with Gasteiger partial charge >= 0.3 is 0 Å². The first-order valence-corrected chi connectivity index (χ1v) is 17.1. The average molecular weight is 653 g/mol. The number of aromatic nitrogens is 2. The third-order valence-corrected chi connectivity index (χ3v) is 10.5. The summed E-state index contributed by atoms with van der Waals surface area (Å²) >= 11 is 6.34. The third kappa shape index (κ3) is 6.78. The maximum atomic E-state index is 14.0. The summed E-state index contributed by atoms with van der Waals surface area (Å²) in [4.78, 5) is 55.4. The van der Waals surface area contributed by atoms with Crippen molar-refractivity contribution >= 4 is 40.2 Å². The molecule has 0 bridgehead atoms. The molecule has 9 nitrogen and oxygen atoms in total. The van der Waals surface area contributed by atoms with Crippen LogP contribution < -0.4 is 0 Å². The Morgan fingerprint density at radius 1 is 0.745 bits per heavy atom. The van der Waals surface area contributed by atoms with Gasteiger partial charge in [-0.05, 0) is 68.1 Å². The molecule has 3 amide bonds. The maximum absolute atomic E-state index is 14.0. The van der Waals surface area contributed by atoms with Gasteiger partial charge in [-0.25, -0.2) is 4.98 Å². The van der Waals surface area contributed by atoms with E-state index >= 15 is 0 Å². The van der Waals surface area contributed by atoms with E-state index < -0.39 is 0 Å². The minimum absolute atomic E-state index is 0.00976. The van der Waals surface area contributed by atoms with Gasteiger partial charge in [0.15, 0.2) is 0 Å². The summed E-state index contributed by atoms with van der Waals surface area (Å²) in [5.74, 6) is 0.387. The molecular formula is C37H41ClN6O3. The van der Waals surface area contributed by atoms with Crippen LogP contribution in [0.5, 0.6) is 0 Å². The van der Waals surface area contributed by atoms with Crippen LogP contribution >= 0.6 is 11.6 Å². The first kappa shape index (κ1) is 31.4. The van der Waals surface area contributed by atoms with E-state index in [1.807, 2.05) is 75.5 Å². The van der Waals surface area contributed by atoms with Crippen molar-refractivity contribution in [1.82, 2.24) is 29.6 Å². The molecule has 244 valence electrons. The molecule has 1 N–H and O–H groups in total. The Morgan fingerprint density at radius 2 is 1.43 bits per heavy atom. The van der Waals surface area contributed by atoms with Crippen molar-refractivity contribution in [1.29, 1.82) is 0 Å². The van der Waals surface area contributed by atoms with E-state index in [1.54, 1.807) is 6.92 Å². The van der Waals surface area contributed by atoms with Crippen molar-refractivity contribution in [2.45, 2.75) is 38.6 Å². The van der Waals surface area contributed by atoms with Crippen LogP contribution in [0.1, 0.15) is 43.0 Å². The molecule has 0 spiro atoms. The number of likely N-dealkylation sites (tertiary alicyclic amines) is 2. The average Bonchev–Trinajstić information content (AvgIpc) is 3.59. The number of hydrogen-bond acceptors (Lipinski definition) is 5. The van der Waals surface area contributed by atoms with Gasteiger partial charge in [-0.2, -0.15) is 0 Å². The Balaban J connectivity index is 0.998. The number of carbonyl (C=O) groups excluding carboxylic acids is 3. The molecule has 3 saturated heterocycles. The summed E-state index contributed by atoms with van der Waals surface area (Å²) in [7, 11) is 0. The first-order chi connectivity index (χ1) is 22.8. The lowest BCUT2D eigenvalue weighted by Gasteiger charge is -2.43. The van der Waals surface area contributed by atoms with Gasteiger partial charge in [-0.3, -0.25) is 19.3 Å². The van der Waals surface area contributed by atoms with E-state index in [2.05, 4.69) is 16.0 Å². The monoisotopic (exact) mass is 652 g/mol. The zero-order chi connectivity index (χ0) is 32.5. The summed E-state index contributed by atoms with van der Waals surface area (Å²) < 4.78 is 0. The lowest BCUT2D eigenvalue weighted by atomic mass is 9.93. The van der Waals surface area contributed by atoms with Gasteiger partial charge in [-0.15, -0.1) is 0 Å². The summed E-state index contributed by atoms with van der Waals surface area (Å²) in [5, 5.41) is 1.71. The fourth-order valence-corrected chi connectivity index (χ4v) is 7.62. The predicted octanol–water partition coefficient (Wildman–Crippen LogP) is 5.56. The minimum atomic E-state index is 0.00976. The van der Waals surface area contributed by atoms with Gasteiger partial charge in [0.25, 0.3) is 5.91 Å². The molecular weight excluding hydrogens is 612 g/mol. The van der Waals surface area contributed by atoms with Gasteiger partial charge < -0.3 is 19.7 Å². The Kier molecular flexibility index (Phi) is 9.01. The number of nitrogens with zero attached hydrogens (tertiary/aromatic N) is 5. The van der Waals surface area contributed by atoms with Gasteiger partial charge in [-0.1, -0.05) is 29.8 Å². The Labute approximate surface area is 280 Å². The van der Waals surface area contributed by atoms with E-state index in [-0.39, 0.29) is 23.6 Å². The second-order valence-electron chi connectivity index (χ2n) is 13.1. The summed E-state index contributed by atoms with van der Waals surface area (Å²) in [5.41, 5.74) is 4.95. The van der Waals surface area contributed by atoms with Crippen LogP contribution in [0.15, 0.2) is 66.9 Å². The number of benzene rings is 2. The highest BCUT2D eigenvalue weighted by Crippen LogP contribution is 2.30. The SMILES string of the molecule is CC(=O)N1CCC(C(=O)N2CCC(N3CCN(C(=O)c4cc(-c5cccc(Cl)c5)nc(-c5ccc6[nH]ccc6c5)c4)CC3)CC2)CC1. The number of piperazine rings is 1. The van der Waals surface area contributed by atoms with Crippen LogP contribution in [0.3, 0.4) is 0 Å². The smallest absolute Gasteiger partial charge is 0.254 e. The van der Waals surface area contributed by atoms with Crippen LogP contribution in [0.4, 0.5) is 0 Å². The molecule has 4 aromatic rings. The molecule has 47 heavy (non-hydrogen) atoms. The summed E-state index contributed by atoms with van der Waals surface area (Å²) in [6, 6.07) is 20.0. The highest BCUT2D eigenvalue weighted by Gasteiger charge is 2.34. The van der Waals surface area contributed by atoms with Gasteiger partial charge in [0, 0.05) is 110 Å². The molecule has 7 rings (SSSR count). The molecule has 3 aliphatic heterocycles. The van der Waals surface area contributed by atoms with Crippen molar-refractivity contribution in [3.05, 3.63) is 77.4 Å². The van der Waals surface area contributed by atoms with Crippen molar-refractivity contribution in [2.24, 2.45) is 5.92 Å². The number of carbonyl (C=O) groups is 3. The van der Waals surface area contributed by atoms with Gasteiger partial charge in [0.2, 0.25) is 11.8 Å². The van der Waals surface area contributed by atoms with Crippen molar-refractivity contribution in [3.8, 4) is 22.5 Å². The standard InChI is InChI=1S/C37H41ClN6O3/c1-25(45)41-13-8-26(9-14-41)36(46)43-15-10-32(11-16-43)42-17-19-44(20-18-42)37(47)30-23-34(27-3-2-4-31(38)22-27)40-35(24-30)28-5-6-33-29(21-28)7-12-39-33/h2-7,12,21-24,26,32,39H,8-11,13-20H2,1H3. The quantitative estimate of drug-likeness (QED) is 0.305. The third-order valence-electron chi connectivity index (χ3n) is 10.2. The van der Waals surface area contributed by atoms with Gasteiger partial charge in [0.1, 0.15) is 0 Å². The number of H-pyrrole nitrogens is 1. The van der Waals surface area contributed by atoms with Crippen LogP contribution in [0, 0.1) is 5.92 Å². The van der Waals surface area contributed by atoms with Crippen molar-refractivity contribution < 1.29 is 14.4 Å². The van der Waals surface area contributed by atoms with Crippen LogP contribution in [0.2, 0.25) is 5.02 Å². The maximum Gasteiger partial charge on any atom is 0.254 e. The van der Waals surface area contributed by atoms with E-state index in [9.17, 15) is 14.4 Å². The van der Waals surface area contributed by atoms with E-state index in [0.717, 1.165) is 79.6 Å². The Morgan fingerprint density at radius 3 is 2.11 bits per heavy atom.